The summed E-state index contributed by atoms with van der Waals surface area (Å²) in [5.74, 6) is 0.610. The lowest BCUT2D eigenvalue weighted by molar-refractivity contribution is 0.0843. The maximum absolute atomic E-state index is 9.64. The molecular formula is C11H14O3. The van der Waals surface area contributed by atoms with Gasteiger partial charge in [0, 0.05) is 18.8 Å². The summed E-state index contributed by atoms with van der Waals surface area (Å²) in [6.07, 6.45) is 1.73. The second-order valence-electron chi connectivity index (χ2n) is 3.60. The summed E-state index contributed by atoms with van der Waals surface area (Å²) in [6.45, 7) is 1.41. The Hall–Kier alpha value is -1.22. The van der Waals surface area contributed by atoms with E-state index in [1.807, 2.05) is 0 Å². The van der Waals surface area contributed by atoms with Crippen LogP contribution < -0.4 is 0 Å². The molecule has 1 aromatic carbocycles. The third kappa shape index (κ3) is 1.68. The average molecular weight is 194 g/mol. The quantitative estimate of drug-likeness (QED) is 0.718. The molecule has 2 N–H and O–H groups in total. The molecule has 0 saturated carbocycles. The van der Waals surface area contributed by atoms with Crippen molar-refractivity contribution in [2.45, 2.75) is 18.8 Å². The Kier molecular flexibility index (Phi) is 2.59. The Bertz CT molecular complexity index is 296. The van der Waals surface area contributed by atoms with Crippen LogP contribution in [0.1, 0.15) is 24.3 Å². The third-order valence-corrected chi connectivity index (χ3v) is 2.69. The number of aromatic hydroxyl groups is 2. The third-order valence-electron chi connectivity index (χ3n) is 2.69. The predicted octanol–water partition coefficient (Wildman–Crippen LogP) is 1.99. The molecule has 1 aliphatic heterocycles. The molecule has 14 heavy (non-hydrogen) atoms. The first-order valence-electron chi connectivity index (χ1n) is 4.87. The fourth-order valence-electron chi connectivity index (χ4n) is 1.95. The van der Waals surface area contributed by atoms with Crippen molar-refractivity contribution >= 4 is 0 Å². The van der Waals surface area contributed by atoms with Gasteiger partial charge in [0.05, 0.1) is 0 Å². The topological polar surface area (TPSA) is 49.7 Å². The van der Waals surface area contributed by atoms with E-state index in [1.54, 1.807) is 18.2 Å². The van der Waals surface area contributed by atoms with E-state index in [-0.39, 0.29) is 17.4 Å². The summed E-state index contributed by atoms with van der Waals surface area (Å²) in [5, 5.41) is 19.3. The summed E-state index contributed by atoms with van der Waals surface area (Å²) in [5.41, 5.74) is 0.677. The lowest BCUT2D eigenvalue weighted by Gasteiger charge is -2.23. The SMILES string of the molecule is Oc1cccc(O)c1C1CCOCC1. The highest BCUT2D eigenvalue weighted by Gasteiger charge is 2.21. The molecule has 0 radical (unpaired) electrons. The van der Waals surface area contributed by atoms with E-state index < -0.39 is 0 Å². The highest BCUT2D eigenvalue weighted by Crippen LogP contribution is 2.38. The normalized spacial score (nSPS) is 18.3. The Balaban J connectivity index is 2.29. The van der Waals surface area contributed by atoms with Gasteiger partial charge < -0.3 is 14.9 Å². The number of rotatable bonds is 1. The molecule has 1 fully saturated rings. The summed E-state index contributed by atoms with van der Waals surface area (Å²) in [6, 6.07) is 4.88. The van der Waals surface area contributed by atoms with Gasteiger partial charge in [-0.15, -0.1) is 0 Å². The van der Waals surface area contributed by atoms with Crippen LogP contribution in [0.25, 0.3) is 0 Å². The minimum absolute atomic E-state index is 0.192. The van der Waals surface area contributed by atoms with E-state index in [2.05, 4.69) is 0 Å². The van der Waals surface area contributed by atoms with Crippen molar-refractivity contribution in [2.75, 3.05) is 13.2 Å². The van der Waals surface area contributed by atoms with Crippen LogP contribution in [-0.2, 0) is 4.74 Å². The van der Waals surface area contributed by atoms with E-state index in [9.17, 15) is 10.2 Å². The number of benzene rings is 1. The molecule has 0 bridgehead atoms. The van der Waals surface area contributed by atoms with Crippen molar-refractivity contribution in [1.29, 1.82) is 0 Å². The Labute approximate surface area is 83.0 Å². The van der Waals surface area contributed by atoms with Crippen molar-refractivity contribution in [3.8, 4) is 11.5 Å². The Morgan fingerprint density at radius 3 is 2.21 bits per heavy atom. The molecule has 0 amide bonds. The van der Waals surface area contributed by atoms with Crippen LogP contribution >= 0.6 is 0 Å². The second-order valence-corrected chi connectivity index (χ2v) is 3.60. The number of ether oxygens (including phenoxy) is 1. The fraction of sp³-hybridized carbons (Fsp3) is 0.455. The van der Waals surface area contributed by atoms with Crippen LogP contribution in [0.3, 0.4) is 0 Å². The van der Waals surface area contributed by atoms with Crippen molar-refractivity contribution < 1.29 is 14.9 Å². The zero-order valence-electron chi connectivity index (χ0n) is 7.94. The fourth-order valence-corrected chi connectivity index (χ4v) is 1.95. The smallest absolute Gasteiger partial charge is 0.122 e. The van der Waals surface area contributed by atoms with Crippen molar-refractivity contribution in [2.24, 2.45) is 0 Å². The first-order valence-corrected chi connectivity index (χ1v) is 4.87. The molecule has 0 aromatic heterocycles. The van der Waals surface area contributed by atoms with Gasteiger partial charge in [0.2, 0.25) is 0 Å². The molecule has 1 heterocycles. The van der Waals surface area contributed by atoms with Crippen LogP contribution in [0.4, 0.5) is 0 Å². The van der Waals surface area contributed by atoms with Crippen LogP contribution in [0.15, 0.2) is 18.2 Å². The number of hydrogen-bond acceptors (Lipinski definition) is 3. The summed E-state index contributed by atoms with van der Waals surface area (Å²) >= 11 is 0. The van der Waals surface area contributed by atoms with Gasteiger partial charge in [0.25, 0.3) is 0 Å². The van der Waals surface area contributed by atoms with Crippen LogP contribution in [0.5, 0.6) is 11.5 Å². The van der Waals surface area contributed by atoms with Crippen LogP contribution in [0.2, 0.25) is 0 Å². The second kappa shape index (κ2) is 3.88. The molecule has 76 valence electrons. The highest BCUT2D eigenvalue weighted by molar-refractivity contribution is 5.45. The van der Waals surface area contributed by atoms with Crippen molar-refractivity contribution in [3.05, 3.63) is 23.8 Å². The largest absolute Gasteiger partial charge is 0.508 e. The van der Waals surface area contributed by atoms with Gasteiger partial charge in [-0.2, -0.15) is 0 Å². The highest BCUT2D eigenvalue weighted by atomic mass is 16.5. The van der Waals surface area contributed by atoms with E-state index in [0.717, 1.165) is 12.8 Å². The lowest BCUT2D eigenvalue weighted by Crippen LogP contribution is -2.14. The molecule has 0 unspecified atom stereocenters. The van der Waals surface area contributed by atoms with Gasteiger partial charge in [0.15, 0.2) is 0 Å². The molecule has 3 heteroatoms. The zero-order valence-corrected chi connectivity index (χ0v) is 7.94. The van der Waals surface area contributed by atoms with Gasteiger partial charge in [-0.25, -0.2) is 0 Å². The van der Waals surface area contributed by atoms with Gasteiger partial charge >= 0.3 is 0 Å². The van der Waals surface area contributed by atoms with Gasteiger partial charge in [-0.1, -0.05) is 6.07 Å². The maximum atomic E-state index is 9.64. The summed E-state index contributed by atoms with van der Waals surface area (Å²) < 4.78 is 5.24. The maximum Gasteiger partial charge on any atom is 0.122 e. The molecule has 0 aliphatic carbocycles. The molecule has 0 atom stereocenters. The Morgan fingerprint density at radius 2 is 1.64 bits per heavy atom. The molecule has 2 rings (SSSR count). The van der Waals surface area contributed by atoms with E-state index >= 15 is 0 Å². The minimum atomic E-state index is 0.192. The molecule has 1 aromatic rings. The number of phenols is 2. The predicted molar refractivity (Wildman–Crippen MR) is 52.6 cm³/mol. The Morgan fingerprint density at radius 1 is 1.07 bits per heavy atom. The standard InChI is InChI=1S/C11H14O3/c12-9-2-1-3-10(13)11(9)8-4-6-14-7-5-8/h1-3,8,12-13H,4-7H2. The van der Waals surface area contributed by atoms with Crippen LogP contribution in [-0.4, -0.2) is 23.4 Å². The number of hydrogen-bond donors (Lipinski definition) is 2. The van der Waals surface area contributed by atoms with E-state index in [0.29, 0.717) is 18.8 Å². The van der Waals surface area contributed by atoms with E-state index in [1.165, 1.54) is 0 Å². The average Bonchev–Trinajstić information content (AvgIpc) is 2.19. The number of phenolic OH excluding ortho intramolecular Hbond substituents is 2. The lowest BCUT2D eigenvalue weighted by atomic mass is 9.90. The molecule has 1 aliphatic rings. The zero-order chi connectivity index (χ0) is 9.97. The molecule has 0 spiro atoms. The van der Waals surface area contributed by atoms with E-state index in [4.69, 9.17) is 4.74 Å². The molecular weight excluding hydrogens is 180 g/mol. The first kappa shape index (κ1) is 9.34. The minimum Gasteiger partial charge on any atom is -0.508 e. The van der Waals surface area contributed by atoms with Gasteiger partial charge in [-0.05, 0) is 30.9 Å². The van der Waals surface area contributed by atoms with Gasteiger partial charge in [-0.3, -0.25) is 0 Å². The first-order chi connectivity index (χ1) is 6.79. The summed E-state index contributed by atoms with van der Waals surface area (Å²) in [4.78, 5) is 0. The molecule has 3 nitrogen and oxygen atoms in total. The van der Waals surface area contributed by atoms with Crippen molar-refractivity contribution in [1.82, 2.24) is 0 Å². The summed E-state index contributed by atoms with van der Waals surface area (Å²) in [7, 11) is 0. The van der Waals surface area contributed by atoms with Crippen molar-refractivity contribution in [3.63, 3.8) is 0 Å². The molecule has 1 saturated heterocycles. The van der Waals surface area contributed by atoms with Gasteiger partial charge in [0.1, 0.15) is 11.5 Å². The monoisotopic (exact) mass is 194 g/mol. The van der Waals surface area contributed by atoms with Crippen LogP contribution in [0, 0.1) is 0 Å².